The second kappa shape index (κ2) is 5.95. The molecule has 0 aliphatic carbocycles. The Morgan fingerprint density at radius 1 is 1.08 bits per heavy atom. The van der Waals surface area contributed by atoms with Gasteiger partial charge in [0.2, 0.25) is 0 Å². The fraction of sp³-hybridized carbons (Fsp3) is 0.150. The zero-order valence-corrected chi connectivity index (χ0v) is 14.7. The predicted octanol–water partition coefficient (Wildman–Crippen LogP) is 5.32. The summed E-state index contributed by atoms with van der Waals surface area (Å²) in [4.78, 5) is 12.8. The van der Waals surface area contributed by atoms with Gasteiger partial charge in [-0.05, 0) is 38.8 Å². The SMILES string of the molecule is COc1c(Br)cccc1C1CC(=O)c2c(ccc3ccccc23)O1. The van der Waals surface area contributed by atoms with Crippen LogP contribution in [0.4, 0.5) is 0 Å². The Morgan fingerprint density at radius 2 is 1.92 bits per heavy atom. The van der Waals surface area contributed by atoms with Gasteiger partial charge in [-0.25, -0.2) is 0 Å². The Labute approximate surface area is 148 Å². The second-order valence-electron chi connectivity index (χ2n) is 5.76. The summed E-state index contributed by atoms with van der Waals surface area (Å²) in [5, 5.41) is 1.99. The van der Waals surface area contributed by atoms with Gasteiger partial charge in [0, 0.05) is 5.56 Å². The highest BCUT2D eigenvalue weighted by Gasteiger charge is 2.31. The molecule has 0 radical (unpaired) electrons. The van der Waals surface area contributed by atoms with Crippen LogP contribution in [0.15, 0.2) is 59.1 Å². The van der Waals surface area contributed by atoms with Gasteiger partial charge >= 0.3 is 0 Å². The van der Waals surface area contributed by atoms with Gasteiger partial charge in [-0.2, -0.15) is 0 Å². The van der Waals surface area contributed by atoms with Crippen LogP contribution in [0.3, 0.4) is 0 Å². The lowest BCUT2D eigenvalue weighted by Gasteiger charge is -2.27. The summed E-state index contributed by atoms with van der Waals surface area (Å²) < 4.78 is 12.5. The third kappa shape index (κ3) is 2.38. The van der Waals surface area contributed by atoms with Crippen LogP contribution in [-0.2, 0) is 0 Å². The number of ketones is 1. The van der Waals surface area contributed by atoms with Crippen molar-refractivity contribution < 1.29 is 14.3 Å². The van der Waals surface area contributed by atoms with Crippen molar-refractivity contribution in [2.75, 3.05) is 7.11 Å². The van der Waals surface area contributed by atoms with E-state index in [0.29, 0.717) is 23.5 Å². The summed E-state index contributed by atoms with van der Waals surface area (Å²) in [5.41, 5.74) is 1.55. The Kier molecular flexibility index (Phi) is 3.77. The molecule has 0 aromatic heterocycles. The van der Waals surface area contributed by atoms with Gasteiger partial charge in [0.25, 0.3) is 0 Å². The maximum Gasteiger partial charge on any atom is 0.171 e. The predicted molar refractivity (Wildman–Crippen MR) is 97.0 cm³/mol. The molecule has 24 heavy (non-hydrogen) atoms. The first-order valence-electron chi connectivity index (χ1n) is 7.73. The Morgan fingerprint density at radius 3 is 2.75 bits per heavy atom. The number of carbonyl (C=O) groups is 1. The number of ether oxygens (including phenoxy) is 2. The first-order chi connectivity index (χ1) is 11.7. The van der Waals surface area contributed by atoms with Gasteiger partial charge in [0.05, 0.1) is 23.6 Å². The van der Waals surface area contributed by atoms with Gasteiger partial charge < -0.3 is 9.47 Å². The van der Waals surface area contributed by atoms with Crippen LogP contribution in [0.1, 0.15) is 28.4 Å². The molecule has 3 aromatic rings. The van der Waals surface area contributed by atoms with E-state index >= 15 is 0 Å². The summed E-state index contributed by atoms with van der Waals surface area (Å²) in [7, 11) is 1.62. The Balaban J connectivity index is 1.82. The highest BCUT2D eigenvalue weighted by atomic mass is 79.9. The lowest BCUT2D eigenvalue weighted by molar-refractivity contribution is 0.0850. The molecule has 3 nitrogen and oxygen atoms in total. The number of benzene rings is 3. The van der Waals surface area contributed by atoms with Crippen LogP contribution in [0.5, 0.6) is 11.5 Å². The minimum Gasteiger partial charge on any atom is -0.495 e. The van der Waals surface area contributed by atoms with Crippen LogP contribution < -0.4 is 9.47 Å². The second-order valence-corrected chi connectivity index (χ2v) is 6.61. The summed E-state index contributed by atoms with van der Waals surface area (Å²) in [6.45, 7) is 0. The van der Waals surface area contributed by atoms with Crippen LogP contribution >= 0.6 is 15.9 Å². The molecule has 0 saturated carbocycles. The normalized spacial score (nSPS) is 16.6. The van der Waals surface area contributed by atoms with E-state index < -0.39 is 0 Å². The molecule has 3 aromatic carbocycles. The number of para-hydroxylation sites is 1. The van der Waals surface area contributed by atoms with E-state index in [-0.39, 0.29) is 11.9 Å². The molecular weight excluding hydrogens is 368 g/mol. The van der Waals surface area contributed by atoms with Crippen molar-refractivity contribution in [1.82, 2.24) is 0 Å². The van der Waals surface area contributed by atoms with E-state index in [1.165, 1.54) is 0 Å². The average molecular weight is 383 g/mol. The molecule has 1 unspecified atom stereocenters. The lowest BCUT2D eigenvalue weighted by atomic mass is 9.92. The molecule has 0 N–H and O–H groups in total. The average Bonchev–Trinajstić information content (AvgIpc) is 2.61. The van der Waals surface area contributed by atoms with Crippen LogP contribution in [0, 0.1) is 0 Å². The van der Waals surface area contributed by atoms with Crippen LogP contribution in [0.25, 0.3) is 10.8 Å². The smallest absolute Gasteiger partial charge is 0.171 e. The molecule has 0 fully saturated rings. The van der Waals surface area contributed by atoms with Crippen molar-refractivity contribution >= 4 is 32.5 Å². The molecule has 0 amide bonds. The molecular formula is C20H15BrO3. The minimum atomic E-state index is -0.349. The number of fused-ring (bicyclic) bond motifs is 3. The maximum atomic E-state index is 12.8. The number of methoxy groups -OCH3 is 1. The molecule has 4 heteroatoms. The molecule has 1 heterocycles. The van der Waals surface area contributed by atoms with Crippen molar-refractivity contribution in [2.24, 2.45) is 0 Å². The third-order valence-corrected chi connectivity index (χ3v) is 4.98. The minimum absolute atomic E-state index is 0.0973. The fourth-order valence-electron chi connectivity index (χ4n) is 3.27. The largest absolute Gasteiger partial charge is 0.495 e. The van der Waals surface area contributed by atoms with Gasteiger partial charge in [-0.1, -0.05) is 42.5 Å². The zero-order chi connectivity index (χ0) is 16.7. The quantitative estimate of drug-likeness (QED) is 0.601. The van der Waals surface area contributed by atoms with Gasteiger partial charge in [-0.3, -0.25) is 4.79 Å². The summed E-state index contributed by atoms with van der Waals surface area (Å²) in [6.07, 6.45) is -0.0491. The highest BCUT2D eigenvalue weighted by Crippen LogP contribution is 2.42. The third-order valence-electron chi connectivity index (χ3n) is 4.36. The first kappa shape index (κ1) is 15.2. The number of hydrogen-bond acceptors (Lipinski definition) is 3. The first-order valence-corrected chi connectivity index (χ1v) is 8.52. The monoisotopic (exact) mass is 382 g/mol. The Bertz CT molecular complexity index is 949. The molecule has 120 valence electrons. The fourth-order valence-corrected chi connectivity index (χ4v) is 3.81. The lowest BCUT2D eigenvalue weighted by Crippen LogP contribution is -2.21. The van der Waals surface area contributed by atoms with Gasteiger partial charge in [0.15, 0.2) is 5.78 Å². The van der Waals surface area contributed by atoms with Crippen molar-refractivity contribution in [2.45, 2.75) is 12.5 Å². The highest BCUT2D eigenvalue weighted by molar-refractivity contribution is 9.10. The summed E-state index contributed by atoms with van der Waals surface area (Å²) >= 11 is 3.49. The number of Topliss-reactive ketones (excluding diaryl/α,β-unsaturated/α-hetero) is 1. The summed E-state index contributed by atoms with van der Waals surface area (Å²) in [5.74, 6) is 1.44. The molecule has 4 rings (SSSR count). The topological polar surface area (TPSA) is 35.5 Å². The van der Waals surface area contributed by atoms with E-state index in [0.717, 1.165) is 20.8 Å². The molecule has 0 saturated heterocycles. The molecule has 1 aliphatic heterocycles. The number of halogens is 1. The van der Waals surface area contributed by atoms with Crippen LogP contribution in [0.2, 0.25) is 0 Å². The van der Waals surface area contributed by atoms with Crippen molar-refractivity contribution in [1.29, 1.82) is 0 Å². The van der Waals surface area contributed by atoms with E-state index in [4.69, 9.17) is 9.47 Å². The van der Waals surface area contributed by atoms with E-state index in [1.807, 2.05) is 54.6 Å². The van der Waals surface area contributed by atoms with Gasteiger partial charge in [0.1, 0.15) is 17.6 Å². The molecule has 0 spiro atoms. The number of rotatable bonds is 2. The number of hydrogen-bond donors (Lipinski definition) is 0. The zero-order valence-electron chi connectivity index (χ0n) is 13.1. The van der Waals surface area contributed by atoms with Crippen molar-refractivity contribution in [3.8, 4) is 11.5 Å². The maximum absolute atomic E-state index is 12.8. The molecule has 1 aliphatic rings. The van der Waals surface area contributed by atoms with Crippen molar-refractivity contribution in [3.05, 3.63) is 70.2 Å². The van der Waals surface area contributed by atoms with E-state index in [1.54, 1.807) is 7.11 Å². The van der Waals surface area contributed by atoms with Crippen LogP contribution in [-0.4, -0.2) is 12.9 Å². The standard InChI is InChI=1S/C20H15BrO3/c1-23-20-14(7-4-8-15(20)21)18-11-16(22)19-13-6-3-2-5-12(13)9-10-17(19)24-18/h2-10,18H,11H2,1H3. The van der Waals surface area contributed by atoms with E-state index in [2.05, 4.69) is 15.9 Å². The summed E-state index contributed by atoms with van der Waals surface area (Å²) in [6, 6.07) is 17.5. The number of carbonyl (C=O) groups excluding carboxylic acids is 1. The molecule has 1 atom stereocenters. The van der Waals surface area contributed by atoms with Gasteiger partial charge in [-0.15, -0.1) is 0 Å². The molecule has 0 bridgehead atoms. The Hall–Kier alpha value is -2.33. The van der Waals surface area contributed by atoms with Crippen molar-refractivity contribution in [3.63, 3.8) is 0 Å². The van der Waals surface area contributed by atoms with E-state index in [9.17, 15) is 4.79 Å².